The van der Waals surface area contributed by atoms with Crippen LogP contribution in [0.4, 0.5) is 13.2 Å². The largest absolute Gasteiger partial charge is 0.416 e. The number of rotatable bonds is 7. The Hall–Kier alpha value is -2.92. The molecule has 2 amide bonds. The molecular weight excluding hydrogens is 425 g/mol. The number of hydrogen-bond donors (Lipinski definition) is 2. The highest BCUT2D eigenvalue weighted by Crippen LogP contribution is 2.29. The fourth-order valence-electron chi connectivity index (χ4n) is 2.71. The zero-order valence-corrected chi connectivity index (χ0v) is 18.0. The second kappa shape index (κ2) is 11.5. The standard InChI is InChI=1S/C23H23F3N2O2S/c1-16-6-3-9-18(14-16)21(29)28-20(11-13-31-2)22(30)27-12-5-8-17-7-4-10-19(15-17)23(24,25)26/h3-4,6-7,9-10,14-15,20H,11-13H2,1-2H3,(H,27,30)(H,28,29). The summed E-state index contributed by atoms with van der Waals surface area (Å²) in [7, 11) is 0. The summed E-state index contributed by atoms with van der Waals surface area (Å²) in [5.41, 5.74) is 0.823. The Morgan fingerprint density at radius 1 is 1.13 bits per heavy atom. The average molecular weight is 449 g/mol. The third-order valence-corrected chi connectivity index (χ3v) is 4.93. The highest BCUT2D eigenvalue weighted by molar-refractivity contribution is 7.98. The van der Waals surface area contributed by atoms with Crippen LogP contribution in [0.2, 0.25) is 0 Å². The van der Waals surface area contributed by atoms with Gasteiger partial charge in [0.15, 0.2) is 0 Å². The predicted octanol–water partition coefficient (Wildman–Crippen LogP) is 4.03. The van der Waals surface area contributed by atoms with Crippen molar-refractivity contribution in [2.75, 3.05) is 18.6 Å². The lowest BCUT2D eigenvalue weighted by Crippen LogP contribution is -2.47. The summed E-state index contributed by atoms with van der Waals surface area (Å²) in [5, 5.41) is 5.36. The van der Waals surface area contributed by atoms with E-state index < -0.39 is 23.7 Å². The Bertz CT molecular complexity index is 981. The number of aryl methyl sites for hydroxylation is 1. The third kappa shape index (κ3) is 8.02. The van der Waals surface area contributed by atoms with Crippen molar-refractivity contribution in [3.05, 3.63) is 70.8 Å². The van der Waals surface area contributed by atoms with E-state index in [1.165, 1.54) is 12.1 Å². The topological polar surface area (TPSA) is 58.2 Å². The van der Waals surface area contributed by atoms with Crippen LogP contribution in [0, 0.1) is 18.8 Å². The van der Waals surface area contributed by atoms with Crippen molar-refractivity contribution in [2.24, 2.45) is 0 Å². The van der Waals surface area contributed by atoms with Crippen molar-refractivity contribution in [3.8, 4) is 11.8 Å². The summed E-state index contributed by atoms with van der Waals surface area (Å²) < 4.78 is 38.3. The van der Waals surface area contributed by atoms with E-state index in [2.05, 4.69) is 22.5 Å². The van der Waals surface area contributed by atoms with Crippen molar-refractivity contribution in [1.29, 1.82) is 0 Å². The van der Waals surface area contributed by atoms with Crippen LogP contribution in [0.5, 0.6) is 0 Å². The van der Waals surface area contributed by atoms with Gasteiger partial charge >= 0.3 is 6.18 Å². The van der Waals surface area contributed by atoms with Gasteiger partial charge in [-0.3, -0.25) is 9.59 Å². The second-order valence-electron chi connectivity index (χ2n) is 6.78. The Morgan fingerprint density at radius 3 is 2.55 bits per heavy atom. The Labute approximate surface area is 184 Å². The van der Waals surface area contributed by atoms with Crippen molar-refractivity contribution >= 4 is 23.6 Å². The summed E-state index contributed by atoms with van der Waals surface area (Å²) in [5.74, 6) is 5.19. The number of carbonyl (C=O) groups excluding carboxylic acids is 2. The number of amides is 2. The molecule has 2 aromatic rings. The lowest BCUT2D eigenvalue weighted by atomic mass is 10.1. The number of halogens is 3. The molecule has 0 aliphatic rings. The van der Waals surface area contributed by atoms with Crippen molar-refractivity contribution in [3.63, 3.8) is 0 Å². The molecule has 2 N–H and O–H groups in total. The molecule has 4 nitrogen and oxygen atoms in total. The predicted molar refractivity (Wildman–Crippen MR) is 117 cm³/mol. The zero-order valence-electron chi connectivity index (χ0n) is 17.2. The fraction of sp³-hybridized carbons (Fsp3) is 0.304. The van der Waals surface area contributed by atoms with Crippen LogP contribution in [-0.2, 0) is 11.0 Å². The van der Waals surface area contributed by atoms with Crippen LogP contribution >= 0.6 is 11.8 Å². The van der Waals surface area contributed by atoms with Gasteiger partial charge < -0.3 is 10.6 Å². The van der Waals surface area contributed by atoms with E-state index in [-0.39, 0.29) is 18.0 Å². The molecule has 0 saturated heterocycles. The van der Waals surface area contributed by atoms with E-state index in [0.717, 1.165) is 17.7 Å². The van der Waals surface area contributed by atoms with Gasteiger partial charge in [0.1, 0.15) is 6.04 Å². The summed E-state index contributed by atoms with van der Waals surface area (Å²) in [6.07, 6.45) is -2.10. The van der Waals surface area contributed by atoms with Gasteiger partial charge in [-0.05, 0) is 55.7 Å². The second-order valence-corrected chi connectivity index (χ2v) is 7.76. The maximum Gasteiger partial charge on any atom is 0.416 e. The maximum absolute atomic E-state index is 12.8. The number of benzene rings is 2. The monoisotopic (exact) mass is 448 g/mol. The van der Waals surface area contributed by atoms with Gasteiger partial charge in [-0.15, -0.1) is 0 Å². The Morgan fingerprint density at radius 2 is 1.87 bits per heavy atom. The molecular formula is C23H23F3N2O2S. The van der Waals surface area contributed by atoms with Gasteiger partial charge in [0, 0.05) is 11.1 Å². The normalized spacial score (nSPS) is 11.8. The molecule has 8 heteroatoms. The van der Waals surface area contributed by atoms with Crippen molar-refractivity contribution < 1.29 is 22.8 Å². The minimum atomic E-state index is -4.44. The molecule has 0 spiro atoms. The smallest absolute Gasteiger partial charge is 0.343 e. The van der Waals surface area contributed by atoms with E-state index in [0.29, 0.717) is 17.7 Å². The number of nitrogens with one attached hydrogen (secondary N) is 2. The van der Waals surface area contributed by atoms with Crippen LogP contribution in [0.15, 0.2) is 48.5 Å². The summed E-state index contributed by atoms with van der Waals surface area (Å²) in [6, 6.07) is 11.0. The summed E-state index contributed by atoms with van der Waals surface area (Å²) in [6.45, 7) is 1.82. The summed E-state index contributed by atoms with van der Waals surface area (Å²) >= 11 is 1.55. The van der Waals surface area contributed by atoms with Gasteiger partial charge in [0.2, 0.25) is 5.91 Å². The van der Waals surface area contributed by atoms with Crippen LogP contribution in [0.3, 0.4) is 0 Å². The van der Waals surface area contributed by atoms with Crippen LogP contribution in [-0.4, -0.2) is 36.4 Å². The quantitative estimate of drug-likeness (QED) is 0.629. The van der Waals surface area contributed by atoms with Crippen LogP contribution in [0.25, 0.3) is 0 Å². The lowest BCUT2D eigenvalue weighted by molar-refractivity contribution is -0.137. The molecule has 1 atom stereocenters. The minimum Gasteiger partial charge on any atom is -0.343 e. The first-order valence-electron chi connectivity index (χ1n) is 9.51. The van der Waals surface area contributed by atoms with E-state index in [9.17, 15) is 22.8 Å². The molecule has 0 saturated carbocycles. The molecule has 0 bridgehead atoms. The minimum absolute atomic E-state index is 0.0504. The van der Waals surface area contributed by atoms with Crippen LogP contribution < -0.4 is 10.6 Å². The first-order chi connectivity index (χ1) is 14.7. The summed E-state index contributed by atoms with van der Waals surface area (Å²) in [4.78, 5) is 25.0. The average Bonchev–Trinajstić information content (AvgIpc) is 2.73. The number of carbonyl (C=O) groups is 2. The van der Waals surface area contributed by atoms with Crippen molar-refractivity contribution in [2.45, 2.75) is 25.6 Å². The van der Waals surface area contributed by atoms with Gasteiger partial charge in [0.25, 0.3) is 5.91 Å². The lowest BCUT2D eigenvalue weighted by Gasteiger charge is -2.17. The molecule has 31 heavy (non-hydrogen) atoms. The first-order valence-corrected chi connectivity index (χ1v) is 10.9. The van der Waals surface area contributed by atoms with E-state index >= 15 is 0 Å². The zero-order chi connectivity index (χ0) is 22.9. The molecule has 0 aliphatic carbocycles. The van der Waals surface area contributed by atoms with Gasteiger partial charge in [0.05, 0.1) is 12.1 Å². The van der Waals surface area contributed by atoms with Crippen LogP contribution in [0.1, 0.15) is 33.5 Å². The Balaban J connectivity index is 1.99. The van der Waals surface area contributed by atoms with Gasteiger partial charge in [-0.25, -0.2) is 0 Å². The van der Waals surface area contributed by atoms with E-state index in [1.54, 1.807) is 30.0 Å². The number of alkyl halides is 3. The third-order valence-electron chi connectivity index (χ3n) is 4.29. The van der Waals surface area contributed by atoms with Crippen molar-refractivity contribution in [1.82, 2.24) is 10.6 Å². The van der Waals surface area contributed by atoms with Gasteiger partial charge in [-0.1, -0.05) is 35.6 Å². The molecule has 0 aromatic heterocycles. The fourth-order valence-corrected chi connectivity index (χ4v) is 3.18. The molecule has 1 unspecified atom stereocenters. The number of thioether (sulfide) groups is 1. The molecule has 0 radical (unpaired) electrons. The number of hydrogen-bond acceptors (Lipinski definition) is 3. The molecule has 2 aromatic carbocycles. The molecule has 2 rings (SSSR count). The molecule has 0 heterocycles. The first kappa shape index (κ1) is 24.4. The molecule has 164 valence electrons. The Kier molecular flexibility index (Phi) is 9.01. The highest BCUT2D eigenvalue weighted by Gasteiger charge is 2.30. The van der Waals surface area contributed by atoms with E-state index in [1.807, 2.05) is 19.2 Å². The SMILES string of the molecule is CSCCC(NC(=O)c1cccc(C)c1)C(=O)NCC#Cc1cccc(C(F)(F)F)c1. The van der Waals surface area contributed by atoms with E-state index in [4.69, 9.17) is 0 Å². The maximum atomic E-state index is 12.8. The molecule has 0 aliphatic heterocycles. The molecule has 0 fully saturated rings. The van der Waals surface area contributed by atoms with Gasteiger partial charge in [-0.2, -0.15) is 24.9 Å². The highest BCUT2D eigenvalue weighted by atomic mass is 32.2.